The molecule has 32 heavy (non-hydrogen) atoms. The molecule has 0 bridgehead atoms. The van der Waals surface area contributed by atoms with Crippen molar-refractivity contribution < 1.29 is 9.90 Å². The number of carbonyl (C=O) groups is 1. The van der Waals surface area contributed by atoms with Gasteiger partial charge < -0.3 is 16.1 Å². The second-order valence-corrected chi connectivity index (χ2v) is 10.2. The monoisotopic (exact) mass is 455 g/mol. The van der Waals surface area contributed by atoms with Gasteiger partial charge in [-0.1, -0.05) is 150 Å². The van der Waals surface area contributed by atoms with Crippen LogP contribution in [0.3, 0.4) is 0 Å². The van der Waals surface area contributed by atoms with Gasteiger partial charge in [-0.05, 0) is 25.2 Å². The molecule has 0 amide bonds. The van der Waals surface area contributed by atoms with Gasteiger partial charge in [0.15, 0.2) is 0 Å². The van der Waals surface area contributed by atoms with Gasteiger partial charge in [0.2, 0.25) is 0 Å². The lowest BCUT2D eigenvalue weighted by atomic mass is 9.69. The molecule has 4 N–H and O–H groups in total. The first-order valence-electron chi connectivity index (χ1n) is 14.3. The molecule has 3 nitrogen and oxygen atoms in total. The smallest absolute Gasteiger partial charge is 0.0478 e. The number of quaternary nitrogens is 1. The van der Waals surface area contributed by atoms with Gasteiger partial charge >= 0.3 is 0 Å². The van der Waals surface area contributed by atoms with E-state index in [4.69, 9.17) is 0 Å². The van der Waals surface area contributed by atoms with Crippen molar-refractivity contribution in [3.05, 3.63) is 0 Å². The molecule has 0 aromatic carbocycles. The molecule has 0 radical (unpaired) electrons. The van der Waals surface area contributed by atoms with Crippen LogP contribution in [-0.2, 0) is 4.79 Å². The average molecular weight is 456 g/mol. The van der Waals surface area contributed by atoms with Gasteiger partial charge in [0.25, 0.3) is 0 Å². The molecule has 0 aliphatic heterocycles. The fourth-order valence-electron chi connectivity index (χ4n) is 5.18. The Kier molecular flexibility index (Phi) is 24.8. The highest BCUT2D eigenvalue weighted by Crippen LogP contribution is 2.39. The zero-order chi connectivity index (χ0) is 23.2. The Labute approximate surface area is 202 Å². The molecule has 0 spiro atoms. The Morgan fingerprint density at radius 1 is 0.625 bits per heavy atom. The first-order chi connectivity index (χ1) is 15.0. The standard InChI is InChI=1S/C29H58O2.H3N/c1-5-8-10-12-14-15-16-17-18-19-20-21-23-25-27(4)29(7-3,28(30)31)26-24-22-13-11-9-6-2;/h27H,5-26H2,1-4H3,(H,30,31);1H3. The van der Waals surface area contributed by atoms with Crippen LogP contribution in [0.4, 0.5) is 0 Å². The number of aliphatic carboxylic acids is 1. The Bertz CT molecular complexity index is 399. The van der Waals surface area contributed by atoms with Crippen LogP contribution >= 0.6 is 0 Å². The van der Waals surface area contributed by atoms with Crippen LogP contribution in [-0.4, -0.2) is 5.97 Å². The second kappa shape index (κ2) is 23.6. The molecule has 0 fully saturated rings. The van der Waals surface area contributed by atoms with E-state index in [1.54, 1.807) is 0 Å². The molecule has 2 atom stereocenters. The van der Waals surface area contributed by atoms with Crippen LogP contribution in [0, 0.1) is 11.3 Å². The van der Waals surface area contributed by atoms with Crippen LogP contribution < -0.4 is 11.3 Å². The molecular weight excluding hydrogens is 394 g/mol. The van der Waals surface area contributed by atoms with Crippen molar-refractivity contribution in [1.29, 1.82) is 0 Å². The van der Waals surface area contributed by atoms with E-state index in [0.717, 1.165) is 19.3 Å². The topological polar surface area (TPSA) is 76.6 Å². The summed E-state index contributed by atoms with van der Waals surface area (Å²) < 4.78 is 0. The van der Waals surface area contributed by atoms with Gasteiger partial charge in [-0.15, -0.1) is 0 Å². The minimum absolute atomic E-state index is 0. The quantitative estimate of drug-likeness (QED) is 0.147. The number of hydrogen-bond acceptors (Lipinski definition) is 2. The van der Waals surface area contributed by atoms with Gasteiger partial charge in [-0.25, -0.2) is 0 Å². The van der Waals surface area contributed by atoms with Crippen LogP contribution in [0.5, 0.6) is 0 Å². The van der Waals surface area contributed by atoms with Crippen LogP contribution in [0.25, 0.3) is 0 Å². The Morgan fingerprint density at radius 3 is 1.31 bits per heavy atom. The van der Waals surface area contributed by atoms with E-state index in [2.05, 4.69) is 20.8 Å². The van der Waals surface area contributed by atoms with Crippen LogP contribution in [0.2, 0.25) is 0 Å². The van der Waals surface area contributed by atoms with Gasteiger partial charge in [0, 0.05) is 11.4 Å². The number of unbranched alkanes of at least 4 members (excludes halogenated alkanes) is 17. The molecule has 0 aromatic heterocycles. The summed E-state index contributed by atoms with van der Waals surface area (Å²) in [4.78, 5) is 12.1. The Balaban J connectivity index is 0. The molecule has 0 aromatic rings. The van der Waals surface area contributed by atoms with Crippen LogP contribution in [0.15, 0.2) is 0 Å². The SMILES string of the molecule is CCCCCCCCCCCCCCCC(C)C(CC)(CCCCCCCC)C(=O)[O-].[NH4+]. The summed E-state index contributed by atoms with van der Waals surface area (Å²) in [5.74, 6) is -0.573. The lowest BCUT2D eigenvalue weighted by molar-refractivity contribution is -0.323. The molecule has 0 heterocycles. The largest absolute Gasteiger partial charge is 0.550 e. The fraction of sp³-hybridized carbons (Fsp3) is 0.966. The van der Waals surface area contributed by atoms with Gasteiger partial charge in [0.1, 0.15) is 0 Å². The van der Waals surface area contributed by atoms with Crippen molar-refractivity contribution in [2.24, 2.45) is 11.3 Å². The van der Waals surface area contributed by atoms with E-state index in [0.29, 0.717) is 6.42 Å². The van der Waals surface area contributed by atoms with E-state index in [9.17, 15) is 9.90 Å². The van der Waals surface area contributed by atoms with E-state index in [1.165, 1.54) is 116 Å². The summed E-state index contributed by atoms with van der Waals surface area (Å²) in [6, 6.07) is 0. The van der Waals surface area contributed by atoms with Gasteiger partial charge in [-0.2, -0.15) is 0 Å². The minimum Gasteiger partial charge on any atom is -0.550 e. The van der Waals surface area contributed by atoms with Crippen molar-refractivity contribution in [3.63, 3.8) is 0 Å². The Hall–Kier alpha value is -0.570. The third-order valence-corrected chi connectivity index (χ3v) is 7.70. The van der Waals surface area contributed by atoms with Crippen molar-refractivity contribution in [3.8, 4) is 0 Å². The van der Waals surface area contributed by atoms with Crippen molar-refractivity contribution in [2.45, 2.75) is 169 Å². The van der Waals surface area contributed by atoms with Crippen LogP contribution in [0.1, 0.15) is 169 Å². The maximum Gasteiger partial charge on any atom is 0.0478 e. The van der Waals surface area contributed by atoms with Crippen molar-refractivity contribution >= 4 is 5.97 Å². The highest BCUT2D eigenvalue weighted by molar-refractivity contribution is 5.72. The summed E-state index contributed by atoms with van der Waals surface area (Å²) in [7, 11) is 0. The average Bonchev–Trinajstić information content (AvgIpc) is 2.76. The molecular formula is C29H61NO2. The first-order valence-corrected chi connectivity index (χ1v) is 14.3. The normalized spacial score (nSPS) is 14.0. The summed E-state index contributed by atoms with van der Waals surface area (Å²) in [5.41, 5.74) is -0.609. The van der Waals surface area contributed by atoms with E-state index in [-0.39, 0.29) is 12.1 Å². The molecule has 0 saturated heterocycles. The summed E-state index contributed by atoms with van der Waals surface area (Å²) in [6.07, 6.45) is 27.5. The highest BCUT2D eigenvalue weighted by Gasteiger charge is 2.35. The Morgan fingerprint density at radius 2 is 0.969 bits per heavy atom. The molecule has 3 heteroatoms. The van der Waals surface area contributed by atoms with E-state index in [1.807, 2.05) is 6.92 Å². The molecule has 2 unspecified atom stereocenters. The van der Waals surface area contributed by atoms with Gasteiger partial charge in [0.05, 0.1) is 0 Å². The number of carbonyl (C=O) groups excluding carboxylic acids is 1. The predicted octanol–water partition coefficient (Wildman–Crippen LogP) is 9.38. The third kappa shape index (κ3) is 16.1. The van der Waals surface area contributed by atoms with Gasteiger partial charge in [-0.3, -0.25) is 0 Å². The molecule has 0 aliphatic rings. The molecule has 0 saturated carbocycles. The maximum atomic E-state index is 12.1. The lowest BCUT2D eigenvalue weighted by Gasteiger charge is -2.40. The van der Waals surface area contributed by atoms with E-state index < -0.39 is 11.4 Å². The molecule has 0 aliphatic carbocycles. The lowest BCUT2D eigenvalue weighted by Crippen LogP contribution is -2.46. The van der Waals surface area contributed by atoms with E-state index >= 15 is 0 Å². The molecule has 194 valence electrons. The summed E-state index contributed by atoms with van der Waals surface area (Å²) >= 11 is 0. The molecule has 0 rings (SSSR count). The predicted molar refractivity (Wildman–Crippen MR) is 141 cm³/mol. The number of carboxylic acids is 1. The number of rotatable bonds is 24. The second-order valence-electron chi connectivity index (χ2n) is 10.2. The van der Waals surface area contributed by atoms with Crippen molar-refractivity contribution in [1.82, 2.24) is 6.15 Å². The number of carboxylic acid groups (broad SMARTS) is 1. The fourth-order valence-corrected chi connectivity index (χ4v) is 5.18. The summed E-state index contributed by atoms with van der Waals surface area (Å²) in [6.45, 7) is 8.72. The number of hydrogen-bond donors (Lipinski definition) is 1. The maximum absolute atomic E-state index is 12.1. The summed E-state index contributed by atoms with van der Waals surface area (Å²) in [5, 5.41) is 12.1. The highest BCUT2D eigenvalue weighted by atomic mass is 16.4. The zero-order valence-corrected chi connectivity index (χ0v) is 23.0. The third-order valence-electron chi connectivity index (χ3n) is 7.70. The minimum atomic E-state index is -0.800. The zero-order valence-electron chi connectivity index (χ0n) is 23.0. The first kappa shape index (κ1) is 33.6. The van der Waals surface area contributed by atoms with Crippen molar-refractivity contribution in [2.75, 3.05) is 0 Å².